The van der Waals surface area contributed by atoms with E-state index in [4.69, 9.17) is 11.5 Å². The number of aromatic nitrogens is 2. The summed E-state index contributed by atoms with van der Waals surface area (Å²) in [6, 6.07) is 8.25. The summed E-state index contributed by atoms with van der Waals surface area (Å²) in [7, 11) is 0. The fourth-order valence-electron chi connectivity index (χ4n) is 1.76. The number of nitrogens with one attached hydrogen (secondary N) is 1. The predicted molar refractivity (Wildman–Crippen MR) is 65.9 cm³/mol. The first-order chi connectivity index (χ1) is 7.70. The highest BCUT2D eigenvalue weighted by Gasteiger charge is 2.06. The number of aromatic amines is 1. The van der Waals surface area contributed by atoms with E-state index in [1.165, 1.54) is 5.56 Å². The number of aryl methyl sites for hydroxylation is 1. The van der Waals surface area contributed by atoms with Crippen molar-refractivity contribution in [2.24, 2.45) is 5.73 Å². The third-order valence-corrected chi connectivity index (χ3v) is 2.56. The molecule has 4 nitrogen and oxygen atoms in total. The summed E-state index contributed by atoms with van der Waals surface area (Å²) in [5.74, 6) is 0.457. The zero-order chi connectivity index (χ0) is 11.5. The Hall–Kier alpha value is -1.81. The maximum Gasteiger partial charge on any atom is 0.198 e. The minimum absolute atomic E-state index is 0.457. The van der Waals surface area contributed by atoms with E-state index in [2.05, 4.69) is 22.1 Å². The van der Waals surface area contributed by atoms with Crippen molar-refractivity contribution in [1.29, 1.82) is 0 Å². The van der Waals surface area contributed by atoms with Crippen LogP contribution in [0.2, 0.25) is 0 Å². The van der Waals surface area contributed by atoms with Crippen LogP contribution in [-0.4, -0.2) is 16.5 Å². The SMILES string of the molecule is Cc1[nH]c(N)nc1-c1ccc(CCN)cc1. The third-order valence-electron chi connectivity index (χ3n) is 2.56. The van der Waals surface area contributed by atoms with Crippen molar-refractivity contribution in [3.05, 3.63) is 35.5 Å². The van der Waals surface area contributed by atoms with Crippen molar-refractivity contribution in [2.75, 3.05) is 12.3 Å². The second-order valence-corrected chi connectivity index (χ2v) is 3.83. The Morgan fingerprint density at radius 3 is 2.44 bits per heavy atom. The first-order valence-corrected chi connectivity index (χ1v) is 5.32. The van der Waals surface area contributed by atoms with Gasteiger partial charge in [0.25, 0.3) is 0 Å². The van der Waals surface area contributed by atoms with Gasteiger partial charge < -0.3 is 16.5 Å². The number of H-pyrrole nitrogens is 1. The van der Waals surface area contributed by atoms with Crippen molar-refractivity contribution in [1.82, 2.24) is 9.97 Å². The zero-order valence-electron chi connectivity index (χ0n) is 9.33. The molecule has 0 unspecified atom stereocenters. The summed E-state index contributed by atoms with van der Waals surface area (Å²) in [5, 5.41) is 0. The highest BCUT2D eigenvalue weighted by atomic mass is 15.0. The lowest BCUT2D eigenvalue weighted by atomic mass is 10.1. The fourth-order valence-corrected chi connectivity index (χ4v) is 1.76. The lowest BCUT2D eigenvalue weighted by Crippen LogP contribution is -2.02. The van der Waals surface area contributed by atoms with Gasteiger partial charge >= 0.3 is 0 Å². The Morgan fingerprint density at radius 1 is 1.25 bits per heavy atom. The highest BCUT2D eigenvalue weighted by molar-refractivity contribution is 5.63. The number of anilines is 1. The Labute approximate surface area is 94.7 Å². The number of hydrogen-bond acceptors (Lipinski definition) is 3. The molecule has 1 aromatic heterocycles. The number of rotatable bonds is 3. The van der Waals surface area contributed by atoms with E-state index >= 15 is 0 Å². The van der Waals surface area contributed by atoms with E-state index in [0.29, 0.717) is 12.5 Å². The molecular formula is C12H16N4. The van der Waals surface area contributed by atoms with E-state index in [0.717, 1.165) is 23.4 Å². The first kappa shape index (κ1) is 10.7. The second kappa shape index (κ2) is 4.37. The maximum absolute atomic E-state index is 5.61. The molecule has 2 rings (SSSR count). The summed E-state index contributed by atoms with van der Waals surface area (Å²) in [5.41, 5.74) is 15.3. The van der Waals surface area contributed by atoms with Gasteiger partial charge in [-0.3, -0.25) is 0 Å². The van der Waals surface area contributed by atoms with Crippen LogP contribution in [0.5, 0.6) is 0 Å². The largest absolute Gasteiger partial charge is 0.369 e. The van der Waals surface area contributed by atoms with Gasteiger partial charge in [0.05, 0.1) is 5.69 Å². The minimum atomic E-state index is 0.457. The van der Waals surface area contributed by atoms with Crippen molar-refractivity contribution in [3.8, 4) is 11.3 Å². The van der Waals surface area contributed by atoms with Crippen LogP contribution < -0.4 is 11.5 Å². The molecule has 0 bridgehead atoms. The van der Waals surface area contributed by atoms with Gasteiger partial charge in [-0.2, -0.15) is 0 Å². The molecule has 0 fully saturated rings. The number of hydrogen-bond donors (Lipinski definition) is 3. The molecule has 1 heterocycles. The van der Waals surface area contributed by atoms with E-state index in [1.807, 2.05) is 19.1 Å². The van der Waals surface area contributed by atoms with E-state index < -0.39 is 0 Å². The Bertz CT molecular complexity index is 470. The molecule has 0 saturated heterocycles. The number of imidazole rings is 1. The van der Waals surface area contributed by atoms with Crippen LogP contribution in [0.1, 0.15) is 11.3 Å². The lowest BCUT2D eigenvalue weighted by Gasteiger charge is -2.01. The van der Waals surface area contributed by atoms with Gasteiger partial charge in [0.2, 0.25) is 0 Å². The molecule has 0 atom stereocenters. The molecule has 0 aliphatic rings. The molecule has 16 heavy (non-hydrogen) atoms. The monoisotopic (exact) mass is 216 g/mol. The Kier molecular flexibility index (Phi) is 2.92. The van der Waals surface area contributed by atoms with Crippen LogP contribution in [-0.2, 0) is 6.42 Å². The van der Waals surface area contributed by atoms with Gasteiger partial charge in [-0.05, 0) is 25.5 Å². The van der Waals surface area contributed by atoms with Gasteiger partial charge in [-0.25, -0.2) is 4.98 Å². The molecule has 0 radical (unpaired) electrons. The van der Waals surface area contributed by atoms with Crippen molar-refractivity contribution in [3.63, 3.8) is 0 Å². The molecule has 4 heteroatoms. The second-order valence-electron chi connectivity index (χ2n) is 3.83. The van der Waals surface area contributed by atoms with Crippen LogP contribution in [0, 0.1) is 6.92 Å². The Balaban J connectivity index is 2.31. The molecule has 0 amide bonds. The molecule has 1 aromatic carbocycles. The molecule has 2 aromatic rings. The fraction of sp³-hybridized carbons (Fsp3) is 0.250. The van der Waals surface area contributed by atoms with Gasteiger partial charge in [-0.1, -0.05) is 24.3 Å². The molecule has 5 N–H and O–H groups in total. The number of nitrogens with zero attached hydrogens (tertiary/aromatic N) is 1. The minimum Gasteiger partial charge on any atom is -0.369 e. The molecule has 84 valence electrons. The standard InChI is InChI=1S/C12H16N4/c1-8-11(16-12(14)15-8)10-4-2-9(3-5-10)6-7-13/h2-5H,6-7,13H2,1H3,(H3,14,15,16). The lowest BCUT2D eigenvalue weighted by molar-refractivity contribution is 0.969. The Morgan fingerprint density at radius 2 is 1.94 bits per heavy atom. The average molecular weight is 216 g/mol. The van der Waals surface area contributed by atoms with Crippen LogP contribution in [0.25, 0.3) is 11.3 Å². The summed E-state index contributed by atoms with van der Waals surface area (Å²) in [6.45, 7) is 2.64. The van der Waals surface area contributed by atoms with Crippen LogP contribution in [0.15, 0.2) is 24.3 Å². The van der Waals surface area contributed by atoms with E-state index in [9.17, 15) is 0 Å². The first-order valence-electron chi connectivity index (χ1n) is 5.32. The van der Waals surface area contributed by atoms with Crippen molar-refractivity contribution < 1.29 is 0 Å². The quantitative estimate of drug-likeness (QED) is 0.726. The van der Waals surface area contributed by atoms with Gasteiger partial charge in [0.1, 0.15) is 0 Å². The van der Waals surface area contributed by atoms with Crippen LogP contribution in [0.4, 0.5) is 5.95 Å². The summed E-state index contributed by atoms with van der Waals surface area (Å²) in [4.78, 5) is 7.25. The smallest absolute Gasteiger partial charge is 0.198 e. The molecule has 0 spiro atoms. The topological polar surface area (TPSA) is 80.7 Å². The average Bonchev–Trinajstić information content (AvgIpc) is 2.59. The third kappa shape index (κ3) is 2.06. The predicted octanol–water partition coefficient (Wildman–Crippen LogP) is 1.47. The summed E-state index contributed by atoms with van der Waals surface area (Å²) in [6.07, 6.45) is 0.905. The highest BCUT2D eigenvalue weighted by Crippen LogP contribution is 2.22. The van der Waals surface area contributed by atoms with Gasteiger partial charge in [0, 0.05) is 11.3 Å². The van der Waals surface area contributed by atoms with Crippen LogP contribution >= 0.6 is 0 Å². The normalized spacial score (nSPS) is 10.6. The molecule has 0 aliphatic heterocycles. The number of nitrogens with two attached hydrogens (primary N) is 2. The van der Waals surface area contributed by atoms with Crippen molar-refractivity contribution >= 4 is 5.95 Å². The van der Waals surface area contributed by atoms with Crippen LogP contribution in [0.3, 0.4) is 0 Å². The number of benzene rings is 1. The van der Waals surface area contributed by atoms with E-state index in [1.54, 1.807) is 0 Å². The summed E-state index contributed by atoms with van der Waals surface area (Å²) >= 11 is 0. The van der Waals surface area contributed by atoms with Gasteiger partial charge in [0.15, 0.2) is 5.95 Å². The number of nitrogen functional groups attached to an aromatic ring is 1. The maximum atomic E-state index is 5.61. The molecule has 0 saturated carbocycles. The molecule has 0 aliphatic carbocycles. The van der Waals surface area contributed by atoms with Gasteiger partial charge in [-0.15, -0.1) is 0 Å². The van der Waals surface area contributed by atoms with E-state index in [-0.39, 0.29) is 0 Å². The summed E-state index contributed by atoms with van der Waals surface area (Å²) < 4.78 is 0. The molecular weight excluding hydrogens is 200 g/mol. The van der Waals surface area contributed by atoms with Crippen molar-refractivity contribution in [2.45, 2.75) is 13.3 Å². The zero-order valence-corrected chi connectivity index (χ0v) is 9.33.